The second-order valence-electron chi connectivity index (χ2n) is 4.44. The molecule has 5 heteroatoms. The van der Waals surface area contributed by atoms with E-state index in [1.807, 2.05) is 32.0 Å². The average Bonchev–Trinajstić information content (AvgIpc) is 2.84. The molecule has 4 nitrogen and oxygen atoms in total. The van der Waals surface area contributed by atoms with Crippen LogP contribution in [0.5, 0.6) is 5.75 Å². The third-order valence-corrected chi connectivity index (χ3v) is 3.30. The Hall–Kier alpha value is -1.75. The van der Waals surface area contributed by atoms with Crippen LogP contribution >= 0.6 is 15.9 Å². The van der Waals surface area contributed by atoms with E-state index in [-0.39, 0.29) is 12.6 Å². The predicted octanol–water partition coefficient (Wildman–Crippen LogP) is 3.63. The third kappa shape index (κ3) is 3.63. The Morgan fingerprint density at radius 3 is 2.55 bits per heavy atom. The van der Waals surface area contributed by atoms with Crippen molar-refractivity contribution >= 4 is 21.9 Å². The summed E-state index contributed by atoms with van der Waals surface area (Å²) in [5.74, 6) is 0.465. The molecule has 1 aromatic carbocycles. The molecule has 2 rings (SSSR count). The number of aromatic amines is 1. The van der Waals surface area contributed by atoms with E-state index in [1.165, 1.54) is 0 Å². The smallest absolute Gasteiger partial charge is 0.354 e. The minimum Gasteiger partial charge on any atom is -0.489 e. The number of halogens is 1. The highest BCUT2D eigenvalue weighted by molar-refractivity contribution is 9.10. The molecule has 0 aliphatic rings. The number of nitrogens with one attached hydrogen (secondary N) is 1. The average molecular weight is 338 g/mol. The van der Waals surface area contributed by atoms with Crippen LogP contribution in [0.4, 0.5) is 0 Å². The van der Waals surface area contributed by atoms with Crippen LogP contribution in [-0.2, 0) is 4.74 Å². The van der Waals surface area contributed by atoms with Crippen molar-refractivity contribution in [3.63, 3.8) is 0 Å². The highest BCUT2D eigenvalue weighted by Crippen LogP contribution is 2.22. The minimum atomic E-state index is -0.388. The number of carbonyl (C=O) groups is 1. The number of aryl methyl sites for hydroxylation is 2. The SMILES string of the molecule is Cc1cccc(C)c1OCCOC(=O)c1cc(Br)c[nH]1. The molecule has 0 aliphatic carbocycles. The Kier molecular flexibility index (Phi) is 4.84. The normalized spacial score (nSPS) is 10.3. The maximum absolute atomic E-state index is 11.7. The van der Waals surface area contributed by atoms with Crippen LogP contribution in [0.2, 0.25) is 0 Å². The zero-order valence-corrected chi connectivity index (χ0v) is 13.0. The lowest BCUT2D eigenvalue weighted by Crippen LogP contribution is -2.13. The van der Waals surface area contributed by atoms with Gasteiger partial charge in [0, 0.05) is 10.7 Å². The molecule has 0 bridgehead atoms. The molecule has 2 aromatic rings. The van der Waals surface area contributed by atoms with Gasteiger partial charge in [0.2, 0.25) is 0 Å². The monoisotopic (exact) mass is 337 g/mol. The summed E-state index contributed by atoms with van der Waals surface area (Å²) in [6.07, 6.45) is 1.68. The first kappa shape index (κ1) is 14.7. The van der Waals surface area contributed by atoms with E-state index in [1.54, 1.807) is 12.3 Å². The van der Waals surface area contributed by atoms with Crippen LogP contribution < -0.4 is 4.74 Å². The molecule has 0 aliphatic heterocycles. The Labute approximate surface area is 126 Å². The molecular weight excluding hydrogens is 322 g/mol. The molecule has 106 valence electrons. The van der Waals surface area contributed by atoms with E-state index in [9.17, 15) is 4.79 Å². The van der Waals surface area contributed by atoms with Crippen LogP contribution in [0, 0.1) is 13.8 Å². The van der Waals surface area contributed by atoms with Gasteiger partial charge in [-0.2, -0.15) is 0 Å². The fraction of sp³-hybridized carbons (Fsp3) is 0.267. The van der Waals surface area contributed by atoms with Gasteiger partial charge in [0.25, 0.3) is 0 Å². The zero-order valence-electron chi connectivity index (χ0n) is 11.4. The van der Waals surface area contributed by atoms with Gasteiger partial charge < -0.3 is 14.5 Å². The van der Waals surface area contributed by atoms with E-state index in [0.29, 0.717) is 12.3 Å². The molecule has 0 saturated carbocycles. The number of esters is 1. The summed E-state index contributed by atoms with van der Waals surface area (Å²) in [6.45, 7) is 4.53. The van der Waals surface area contributed by atoms with Crippen molar-refractivity contribution in [2.75, 3.05) is 13.2 Å². The van der Waals surface area contributed by atoms with Crippen molar-refractivity contribution < 1.29 is 14.3 Å². The molecule has 0 fully saturated rings. The van der Waals surface area contributed by atoms with Gasteiger partial charge in [-0.15, -0.1) is 0 Å². The maximum atomic E-state index is 11.7. The Morgan fingerprint density at radius 2 is 1.95 bits per heavy atom. The first-order chi connectivity index (χ1) is 9.58. The van der Waals surface area contributed by atoms with Crippen LogP contribution in [0.1, 0.15) is 21.6 Å². The molecule has 0 amide bonds. The molecule has 0 atom stereocenters. The highest BCUT2D eigenvalue weighted by atomic mass is 79.9. The van der Waals surface area contributed by atoms with Gasteiger partial charge in [0.15, 0.2) is 0 Å². The third-order valence-electron chi connectivity index (χ3n) is 2.84. The number of H-pyrrole nitrogens is 1. The summed E-state index contributed by atoms with van der Waals surface area (Å²) in [6, 6.07) is 7.64. The number of benzene rings is 1. The molecule has 1 aromatic heterocycles. The summed E-state index contributed by atoms with van der Waals surface area (Å²) in [7, 11) is 0. The number of hydrogen-bond donors (Lipinski definition) is 1. The standard InChI is InChI=1S/C15H16BrNO3/c1-10-4-3-5-11(2)14(10)19-6-7-20-15(18)13-8-12(16)9-17-13/h3-5,8-9,17H,6-7H2,1-2H3. The minimum absolute atomic E-state index is 0.212. The Morgan fingerprint density at radius 1 is 1.25 bits per heavy atom. The quantitative estimate of drug-likeness (QED) is 0.669. The first-order valence-electron chi connectivity index (χ1n) is 6.28. The van der Waals surface area contributed by atoms with Gasteiger partial charge in [-0.1, -0.05) is 18.2 Å². The van der Waals surface area contributed by atoms with E-state index in [2.05, 4.69) is 20.9 Å². The number of rotatable bonds is 5. The van der Waals surface area contributed by atoms with Crippen molar-refractivity contribution in [3.05, 3.63) is 51.8 Å². The number of aromatic nitrogens is 1. The van der Waals surface area contributed by atoms with Crippen LogP contribution in [0.25, 0.3) is 0 Å². The van der Waals surface area contributed by atoms with Crippen LogP contribution in [0.3, 0.4) is 0 Å². The van der Waals surface area contributed by atoms with Gasteiger partial charge in [-0.3, -0.25) is 0 Å². The molecule has 1 N–H and O–H groups in total. The van der Waals surface area contributed by atoms with Crippen molar-refractivity contribution in [1.29, 1.82) is 0 Å². The van der Waals surface area contributed by atoms with Gasteiger partial charge in [0.05, 0.1) is 0 Å². The van der Waals surface area contributed by atoms with Crippen molar-refractivity contribution in [1.82, 2.24) is 4.98 Å². The molecule has 0 spiro atoms. The second-order valence-corrected chi connectivity index (χ2v) is 5.35. The molecule has 1 heterocycles. The van der Waals surface area contributed by atoms with Crippen molar-refractivity contribution in [2.24, 2.45) is 0 Å². The molecule has 0 radical (unpaired) electrons. The fourth-order valence-corrected chi connectivity index (χ4v) is 2.21. The fourth-order valence-electron chi connectivity index (χ4n) is 1.87. The number of hydrogen-bond acceptors (Lipinski definition) is 3. The van der Waals surface area contributed by atoms with Crippen molar-refractivity contribution in [2.45, 2.75) is 13.8 Å². The zero-order chi connectivity index (χ0) is 14.5. The first-order valence-corrected chi connectivity index (χ1v) is 7.07. The van der Waals surface area contributed by atoms with Crippen LogP contribution in [-0.4, -0.2) is 24.2 Å². The van der Waals surface area contributed by atoms with Gasteiger partial charge >= 0.3 is 5.97 Å². The Bertz CT molecular complexity index is 587. The van der Waals surface area contributed by atoms with Gasteiger partial charge in [0.1, 0.15) is 24.7 Å². The lowest BCUT2D eigenvalue weighted by Gasteiger charge is -2.11. The Balaban J connectivity index is 1.81. The van der Waals surface area contributed by atoms with Crippen LogP contribution in [0.15, 0.2) is 34.9 Å². The molecule has 0 saturated heterocycles. The van der Waals surface area contributed by atoms with E-state index < -0.39 is 0 Å². The number of carbonyl (C=O) groups excluding carboxylic acids is 1. The summed E-state index contributed by atoms with van der Waals surface area (Å²) in [5, 5.41) is 0. The highest BCUT2D eigenvalue weighted by Gasteiger charge is 2.09. The van der Waals surface area contributed by atoms with E-state index >= 15 is 0 Å². The number of para-hydroxylation sites is 1. The summed E-state index contributed by atoms with van der Waals surface area (Å²) < 4.78 is 11.6. The lowest BCUT2D eigenvalue weighted by atomic mass is 10.1. The van der Waals surface area contributed by atoms with E-state index in [4.69, 9.17) is 9.47 Å². The summed E-state index contributed by atoms with van der Waals surface area (Å²) in [4.78, 5) is 14.5. The molecule has 20 heavy (non-hydrogen) atoms. The summed E-state index contributed by atoms with van der Waals surface area (Å²) in [5.41, 5.74) is 2.57. The lowest BCUT2D eigenvalue weighted by molar-refractivity contribution is 0.0444. The number of ether oxygens (including phenoxy) is 2. The van der Waals surface area contributed by atoms with E-state index in [0.717, 1.165) is 21.3 Å². The summed E-state index contributed by atoms with van der Waals surface area (Å²) >= 11 is 3.27. The predicted molar refractivity (Wildman–Crippen MR) is 80.2 cm³/mol. The largest absolute Gasteiger partial charge is 0.489 e. The maximum Gasteiger partial charge on any atom is 0.354 e. The van der Waals surface area contributed by atoms with Gasteiger partial charge in [-0.05, 0) is 47.0 Å². The molecule has 0 unspecified atom stereocenters. The topological polar surface area (TPSA) is 51.3 Å². The molecular formula is C15H16BrNO3. The second kappa shape index (κ2) is 6.61. The van der Waals surface area contributed by atoms with Gasteiger partial charge in [-0.25, -0.2) is 4.79 Å². The van der Waals surface area contributed by atoms with Crippen molar-refractivity contribution in [3.8, 4) is 5.75 Å².